The first-order valence-electron chi connectivity index (χ1n) is 14.2. The minimum Gasteiger partial charge on any atom is -0.356 e. The van der Waals surface area contributed by atoms with E-state index < -0.39 is 5.69 Å². The Labute approximate surface area is 254 Å². The van der Waals surface area contributed by atoms with Gasteiger partial charge in [0, 0.05) is 57.3 Å². The maximum absolute atomic E-state index is 13.3. The molecule has 3 heterocycles. The van der Waals surface area contributed by atoms with Gasteiger partial charge in [-0.15, -0.1) is 0 Å². The molecular weight excluding hydrogens is 560 g/mol. The van der Waals surface area contributed by atoms with Crippen LogP contribution in [0.4, 0.5) is 23.0 Å². The Bertz CT molecular complexity index is 1890. The quantitative estimate of drug-likeness (QED) is 0.285. The van der Waals surface area contributed by atoms with E-state index in [1.807, 2.05) is 66.1 Å². The van der Waals surface area contributed by atoms with E-state index in [2.05, 4.69) is 44.7 Å². The third-order valence-electron chi connectivity index (χ3n) is 7.84. The van der Waals surface area contributed by atoms with Gasteiger partial charge in [0.25, 0.3) is 5.56 Å². The number of aromatic nitrogens is 4. The molecule has 2 aromatic heterocycles. The van der Waals surface area contributed by atoms with Crippen LogP contribution >= 0.6 is 12.2 Å². The van der Waals surface area contributed by atoms with Crippen LogP contribution in [0, 0.1) is 6.92 Å². The SMILES string of the molecule is Cc1ccc(Cn2c(N3CCN(C(=S)Nc4ccc(Nc5ccccc5)cc4)CC3)nc3c2c(=O)n(C)c(=O)n3C)cc1. The van der Waals surface area contributed by atoms with Gasteiger partial charge in [0.05, 0.1) is 6.54 Å². The molecule has 0 spiro atoms. The highest BCUT2D eigenvalue weighted by Gasteiger charge is 2.26. The number of imidazole rings is 1. The molecule has 3 aromatic carbocycles. The largest absolute Gasteiger partial charge is 0.356 e. The van der Waals surface area contributed by atoms with Crippen LogP contribution in [0.25, 0.3) is 11.2 Å². The first kappa shape index (κ1) is 28.2. The number of nitrogens with zero attached hydrogens (tertiary/aromatic N) is 6. The van der Waals surface area contributed by atoms with Crippen molar-refractivity contribution in [1.29, 1.82) is 0 Å². The highest BCUT2D eigenvalue weighted by atomic mass is 32.1. The number of benzene rings is 3. The Morgan fingerprint density at radius 1 is 0.814 bits per heavy atom. The predicted molar refractivity (Wildman–Crippen MR) is 177 cm³/mol. The molecule has 6 rings (SSSR count). The van der Waals surface area contributed by atoms with Gasteiger partial charge in [0.1, 0.15) is 0 Å². The molecule has 1 aliphatic heterocycles. The van der Waals surface area contributed by atoms with E-state index in [4.69, 9.17) is 17.2 Å². The molecule has 0 saturated carbocycles. The maximum Gasteiger partial charge on any atom is 0.332 e. The first-order chi connectivity index (χ1) is 20.8. The number of para-hydroxylation sites is 1. The second-order valence-electron chi connectivity index (χ2n) is 10.8. The summed E-state index contributed by atoms with van der Waals surface area (Å²) in [5.74, 6) is 0.675. The van der Waals surface area contributed by atoms with E-state index in [0.717, 1.165) is 27.2 Å². The van der Waals surface area contributed by atoms with Gasteiger partial charge in [-0.1, -0.05) is 48.0 Å². The van der Waals surface area contributed by atoms with E-state index in [-0.39, 0.29) is 5.56 Å². The summed E-state index contributed by atoms with van der Waals surface area (Å²) < 4.78 is 4.53. The number of hydrogen-bond donors (Lipinski definition) is 2. The van der Waals surface area contributed by atoms with Gasteiger partial charge < -0.3 is 20.4 Å². The van der Waals surface area contributed by atoms with E-state index >= 15 is 0 Å². The fraction of sp³-hybridized carbons (Fsp3) is 0.250. The minimum absolute atomic E-state index is 0.349. The van der Waals surface area contributed by atoms with Crippen LogP contribution in [-0.2, 0) is 20.6 Å². The van der Waals surface area contributed by atoms with Gasteiger partial charge in [0.15, 0.2) is 16.3 Å². The van der Waals surface area contributed by atoms with Crippen molar-refractivity contribution in [2.75, 3.05) is 41.7 Å². The molecule has 0 unspecified atom stereocenters. The fourth-order valence-electron chi connectivity index (χ4n) is 5.34. The van der Waals surface area contributed by atoms with Gasteiger partial charge in [0.2, 0.25) is 5.95 Å². The van der Waals surface area contributed by atoms with Crippen molar-refractivity contribution in [3.63, 3.8) is 0 Å². The van der Waals surface area contributed by atoms with E-state index in [1.54, 1.807) is 7.05 Å². The summed E-state index contributed by atoms with van der Waals surface area (Å²) in [6, 6.07) is 26.3. The lowest BCUT2D eigenvalue weighted by molar-refractivity contribution is 0.386. The summed E-state index contributed by atoms with van der Waals surface area (Å²) in [6.45, 7) is 5.20. The topological polar surface area (TPSA) is 92.4 Å². The Hall–Kier alpha value is -4.90. The number of nitrogens with one attached hydrogen (secondary N) is 2. The lowest BCUT2D eigenvalue weighted by Gasteiger charge is -2.36. The van der Waals surface area contributed by atoms with Crippen molar-refractivity contribution in [2.24, 2.45) is 14.1 Å². The van der Waals surface area contributed by atoms with Gasteiger partial charge in [-0.2, -0.15) is 4.98 Å². The van der Waals surface area contributed by atoms with Gasteiger partial charge in [-0.25, -0.2) is 4.79 Å². The molecule has 2 N–H and O–H groups in total. The average molecular weight is 595 g/mol. The molecule has 0 radical (unpaired) electrons. The Balaban J connectivity index is 1.18. The van der Waals surface area contributed by atoms with Gasteiger partial charge in [-0.3, -0.25) is 18.5 Å². The second-order valence-corrected chi connectivity index (χ2v) is 11.2. The molecule has 220 valence electrons. The predicted octanol–water partition coefficient (Wildman–Crippen LogP) is 4.05. The van der Waals surface area contributed by atoms with Crippen LogP contribution in [0.2, 0.25) is 0 Å². The third kappa shape index (κ3) is 5.76. The van der Waals surface area contributed by atoms with E-state index in [0.29, 0.717) is 54.9 Å². The molecule has 0 atom stereocenters. The molecule has 1 aliphatic rings. The van der Waals surface area contributed by atoms with Gasteiger partial charge >= 0.3 is 5.69 Å². The number of anilines is 4. The Kier molecular flexibility index (Phi) is 7.73. The Morgan fingerprint density at radius 3 is 2.12 bits per heavy atom. The highest BCUT2D eigenvalue weighted by molar-refractivity contribution is 7.80. The number of rotatable bonds is 6. The zero-order valence-electron chi connectivity index (χ0n) is 24.4. The van der Waals surface area contributed by atoms with Crippen LogP contribution in [0.3, 0.4) is 0 Å². The summed E-state index contributed by atoms with van der Waals surface area (Å²) in [4.78, 5) is 35.2. The molecule has 11 heteroatoms. The molecule has 1 fully saturated rings. The van der Waals surface area contributed by atoms with Crippen molar-refractivity contribution in [2.45, 2.75) is 13.5 Å². The highest BCUT2D eigenvalue weighted by Crippen LogP contribution is 2.24. The van der Waals surface area contributed by atoms with E-state index in [1.165, 1.54) is 17.2 Å². The number of fused-ring (bicyclic) bond motifs is 1. The van der Waals surface area contributed by atoms with Crippen molar-refractivity contribution >= 4 is 51.5 Å². The molecule has 0 bridgehead atoms. The number of thiocarbonyl (C=S) groups is 1. The number of aryl methyl sites for hydroxylation is 2. The molecule has 5 aromatic rings. The fourth-order valence-corrected chi connectivity index (χ4v) is 5.64. The van der Waals surface area contributed by atoms with E-state index in [9.17, 15) is 9.59 Å². The second kappa shape index (κ2) is 11.8. The summed E-state index contributed by atoms with van der Waals surface area (Å²) in [7, 11) is 3.16. The van der Waals surface area contributed by atoms with Crippen molar-refractivity contribution < 1.29 is 0 Å². The molecule has 0 amide bonds. The molecule has 43 heavy (non-hydrogen) atoms. The van der Waals surface area contributed by atoms with Crippen LogP contribution in [-0.4, -0.2) is 54.9 Å². The molecular formula is C32H34N8O2S. The minimum atomic E-state index is -0.394. The van der Waals surface area contributed by atoms with Crippen LogP contribution in [0.1, 0.15) is 11.1 Å². The smallest absolute Gasteiger partial charge is 0.332 e. The van der Waals surface area contributed by atoms with Crippen molar-refractivity contribution in [3.8, 4) is 0 Å². The number of piperazine rings is 1. The standard InChI is InChI=1S/C32H34N8O2S/c1-22-9-11-23(12-10-22)21-40-27-28(36(2)32(42)37(3)29(27)41)35-30(40)38-17-19-39(20-18-38)31(43)34-26-15-13-25(14-16-26)33-24-7-5-4-6-8-24/h4-16,33H,17-21H2,1-3H3,(H,34,43). The molecule has 10 nitrogen and oxygen atoms in total. The third-order valence-corrected chi connectivity index (χ3v) is 8.20. The zero-order chi connectivity index (χ0) is 30.1. The normalized spacial score (nSPS) is 13.4. The van der Waals surface area contributed by atoms with Crippen molar-refractivity contribution in [3.05, 3.63) is 111 Å². The lowest BCUT2D eigenvalue weighted by atomic mass is 10.1. The first-order valence-corrected chi connectivity index (χ1v) is 14.6. The monoisotopic (exact) mass is 594 g/mol. The van der Waals surface area contributed by atoms with Crippen LogP contribution in [0.15, 0.2) is 88.5 Å². The molecule has 0 aliphatic carbocycles. The van der Waals surface area contributed by atoms with Crippen LogP contribution in [0.5, 0.6) is 0 Å². The Morgan fingerprint density at radius 2 is 1.44 bits per heavy atom. The maximum atomic E-state index is 13.3. The average Bonchev–Trinajstić information content (AvgIpc) is 3.40. The van der Waals surface area contributed by atoms with Crippen molar-refractivity contribution in [1.82, 2.24) is 23.6 Å². The summed E-state index contributed by atoms with van der Waals surface area (Å²) in [6.07, 6.45) is 0. The zero-order valence-corrected chi connectivity index (χ0v) is 25.3. The summed E-state index contributed by atoms with van der Waals surface area (Å²) >= 11 is 5.77. The lowest BCUT2D eigenvalue weighted by Crippen LogP contribution is -2.50. The summed E-state index contributed by atoms with van der Waals surface area (Å²) in [5, 5.41) is 7.41. The molecule has 1 saturated heterocycles. The van der Waals surface area contributed by atoms with Gasteiger partial charge in [-0.05, 0) is 61.1 Å². The van der Waals surface area contributed by atoms with Crippen LogP contribution < -0.4 is 26.8 Å². The number of hydrogen-bond acceptors (Lipinski definition) is 6. The summed E-state index contributed by atoms with van der Waals surface area (Å²) in [5.41, 5.74) is 5.23.